The molecule has 0 heterocycles. The number of rotatable bonds is 5. The van der Waals surface area contributed by atoms with Crippen molar-refractivity contribution in [3.8, 4) is 0 Å². The van der Waals surface area contributed by atoms with E-state index < -0.39 is 5.91 Å². The predicted octanol–water partition coefficient (Wildman–Crippen LogP) is -0.0332. The summed E-state index contributed by atoms with van der Waals surface area (Å²) in [5.74, 6) is -0.958. The van der Waals surface area contributed by atoms with Gasteiger partial charge in [0.1, 0.15) is 0 Å². The van der Waals surface area contributed by atoms with Crippen molar-refractivity contribution in [2.24, 2.45) is 5.73 Å². The molecule has 0 saturated heterocycles. The Morgan fingerprint density at radius 1 is 1.15 bits per heavy atom. The second kappa shape index (κ2) is 7.25. The van der Waals surface area contributed by atoms with Gasteiger partial charge in [-0.05, 0) is 24.6 Å². The summed E-state index contributed by atoms with van der Waals surface area (Å²) >= 11 is 0. The van der Waals surface area contributed by atoms with Crippen molar-refractivity contribution in [3.63, 3.8) is 0 Å². The lowest BCUT2D eigenvalue weighted by molar-refractivity contribution is -0.123. The van der Waals surface area contributed by atoms with Gasteiger partial charge in [0.15, 0.2) is 0 Å². The van der Waals surface area contributed by atoms with Crippen LogP contribution in [0.1, 0.15) is 12.5 Å². The number of hydrogen-bond donors (Lipinski definition) is 4. The maximum atomic E-state index is 11.7. The molecule has 0 aliphatic heterocycles. The van der Waals surface area contributed by atoms with Crippen LogP contribution in [0.5, 0.6) is 0 Å². The summed E-state index contributed by atoms with van der Waals surface area (Å²) in [6.07, 6.45) is 0. The number of aryl methyl sites for hydroxylation is 1. The summed E-state index contributed by atoms with van der Waals surface area (Å²) in [7, 11) is 0. The van der Waals surface area contributed by atoms with Crippen LogP contribution >= 0.6 is 0 Å². The highest BCUT2D eigenvalue weighted by Gasteiger charge is 2.07. The maximum absolute atomic E-state index is 11.7. The first kappa shape index (κ1) is 15.6. The van der Waals surface area contributed by atoms with Crippen molar-refractivity contribution in [2.45, 2.75) is 13.8 Å². The lowest BCUT2D eigenvalue weighted by Crippen LogP contribution is -2.36. The van der Waals surface area contributed by atoms with Crippen molar-refractivity contribution in [1.29, 1.82) is 0 Å². The lowest BCUT2D eigenvalue weighted by atomic mass is 10.1. The van der Waals surface area contributed by atoms with E-state index in [0.29, 0.717) is 11.4 Å². The van der Waals surface area contributed by atoms with Gasteiger partial charge >= 0.3 is 0 Å². The monoisotopic (exact) mass is 278 g/mol. The van der Waals surface area contributed by atoms with Gasteiger partial charge in [-0.15, -0.1) is 0 Å². The summed E-state index contributed by atoms with van der Waals surface area (Å²) in [6, 6.07) is 5.17. The molecule has 5 N–H and O–H groups in total. The van der Waals surface area contributed by atoms with Crippen LogP contribution < -0.4 is 21.7 Å². The maximum Gasteiger partial charge on any atom is 0.243 e. The third-order valence-corrected chi connectivity index (χ3v) is 2.46. The van der Waals surface area contributed by atoms with Gasteiger partial charge in [-0.25, -0.2) is 0 Å². The smallest absolute Gasteiger partial charge is 0.243 e. The number of nitrogens with two attached hydrogens (primary N) is 1. The molecule has 20 heavy (non-hydrogen) atoms. The lowest BCUT2D eigenvalue weighted by Gasteiger charge is -2.11. The van der Waals surface area contributed by atoms with Gasteiger partial charge < -0.3 is 21.7 Å². The van der Waals surface area contributed by atoms with E-state index in [1.54, 1.807) is 18.2 Å². The number of anilines is 2. The Kier molecular flexibility index (Phi) is 5.67. The molecule has 0 unspecified atom stereocenters. The molecule has 0 aromatic heterocycles. The van der Waals surface area contributed by atoms with E-state index >= 15 is 0 Å². The van der Waals surface area contributed by atoms with Crippen LogP contribution in [-0.2, 0) is 14.4 Å². The van der Waals surface area contributed by atoms with E-state index in [0.717, 1.165) is 5.56 Å². The number of nitrogens with one attached hydrogen (secondary N) is 3. The number of carbonyl (C=O) groups excluding carboxylic acids is 3. The zero-order valence-electron chi connectivity index (χ0n) is 11.4. The zero-order chi connectivity index (χ0) is 15.1. The number of carbonyl (C=O) groups is 3. The molecule has 0 radical (unpaired) electrons. The van der Waals surface area contributed by atoms with Gasteiger partial charge in [0.25, 0.3) is 0 Å². The summed E-state index contributed by atoms with van der Waals surface area (Å²) in [5.41, 5.74) is 7.12. The fourth-order valence-electron chi connectivity index (χ4n) is 1.48. The molecule has 108 valence electrons. The molecule has 0 spiro atoms. The minimum Gasteiger partial charge on any atom is -0.346 e. The first-order valence-corrected chi connectivity index (χ1v) is 6.07. The molecule has 7 heteroatoms. The summed E-state index contributed by atoms with van der Waals surface area (Å²) < 4.78 is 0. The van der Waals surface area contributed by atoms with Crippen LogP contribution in [0.4, 0.5) is 11.4 Å². The van der Waals surface area contributed by atoms with Gasteiger partial charge in [-0.1, -0.05) is 6.07 Å². The fraction of sp³-hybridized carbons (Fsp3) is 0.308. The van der Waals surface area contributed by atoms with Gasteiger partial charge in [0, 0.05) is 18.3 Å². The first-order valence-electron chi connectivity index (χ1n) is 6.07. The highest BCUT2D eigenvalue weighted by atomic mass is 16.2. The minimum atomic E-state index is -0.399. The van der Waals surface area contributed by atoms with Crippen molar-refractivity contribution in [3.05, 3.63) is 23.8 Å². The highest BCUT2D eigenvalue weighted by molar-refractivity contribution is 5.96. The summed E-state index contributed by atoms with van der Waals surface area (Å²) in [4.78, 5) is 33.6. The van der Waals surface area contributed by atoms with E-state index in [1.165, 1.54) is 6.92 Å². The molecular weight excluding hydrogens is 260 g/mol. The number of hydrogen-bond acceptors (Lipinski definition) is 4. The van der Waals surface area contributed by atoms with Crippen molar-refractivity contribution < 1.29 is 14.4 Å². The van der Waals surface area contributed by atoms with Crippen molar-refractivity contribution >= 4 is 29.1 Å². The van der Waals surface area contributed by atoms with Crippen molar-refractivity contribution in [2.75, 3.05) is 23.7 Å². The highest BCUT2D eigenvalue weighted by Crippen LogP contribution is 2.20. The largest absolute Gasteiger partial charge is 0.346 e. The molecule has 0 aliphatic carbocycles. The van der Waals surface area contributed by atoms with Gasteiger partial charge in [0.05, 0.1) is 13.1 Å². The standard InChI is InChI=1S/C13H18N4O3/c1-8-3-4-10(16-9(2)18)5-11(8)17-13(20)7-15-12(19)6-14/h3-5H,6-7,14H2,1-2H3,(H,15,19)(H,16,18)(H,17,20). The molecule has 1 aromatic rings. The average Bonchev–Trinajstić information content (AvgIpc) is 2.39. The molecular formula is C13H18N4O3. The topological polar surface area (TPSA) is 113 Å². The Hall–Kier alpha value is -2.41. The van der Waals surface area contributed by atoms with Crippen LogP contribution in [0.25, 0.3) is 0 Å². The average molecular weight is 278 g/mol. The predicted molar refractivity (Wildman–Crippen MR) is 76.2 cm³/mol. The van der Waals surface area contributed by atoms with Crippen LogP contribution in [0.15, 0.2) is 18.2 Å². The Bertz CT molecular complexity index is 528. The summed E-state index contributed by atoms with van der Waals surface area (Å²) in [5, 5.41) is 7.66. The van der Waals surface area contributed by atoms with Gasteiger partial charge in [-0.3, -0.25) is 14.4 Å². The van der Waals surface area contributed by atoms with Gasteiger partial charge in [0.2, 0.25) is 17.7 Å². The fourth-order valence-corrected chi connectivity index (χ4v) is 1.48. The van der Waals surface area contributed by atoms with Crippen LogP contribution in [-0.4, -0.2) is 30.8 Å². The molecule has 0 aliphatic rings. The molecule has 0 saturated carbocycles. The summed E-state index contributed by atoms with van der Waals surface area (Å²) in [6.45, 7) is 2.91. The van der Waals surface area contributed by atoms with Crippen LogP contribution in [0.2, 0.25) is 0 Å². The van der Waals surface area contributed by atoms with E-state index in [9.17, 15) is 14.4 Å². The second-order valence-corrected chi connectivity index (χ2v) is 4.24. The Morgan fingerprint density at radius 3 is 2.45 bits per heavy atom. The van der Waals surface area contributed by atoms with Gasteiger partial charge in [-0.2, -0.15) is 0 Å². The first-order chi connectivity index (χ1) is 9.42. The zero-order valence-corrected chi connectivity index (χ0v) is 11.4. The van der Waals surface area contributed by atoms with E-state index in [1.807, 2.05) is 6.92 Å². The molecule has 7 nitrogen and oxygen atoms in total. The number of benzene rings is 1. The molecule has 1 aromatic carbocycles. The van der Waals surface area contributed by atoms with E-state index in [2.05, 4.69) is 16.0 Å². The van der Waals surface area contributed by atoms with E-state index in [4.69, 9.17) is 5.73 Å². The molecule has 3 amide bonds. The molecule has 0 fully saturated rings. The second-order valence-electron chi connectivity index (χ2n) is 4.24. The number of amides is 3. The molecule has 0 bridgehead atoms. The van der Waals surface area contributed by atoms with Crippen LogP contribution in [0, 0.1) is 6.92 Å². The normalized spacial score (nSPS) is 9.75. The van der Waals surface area contributed by atoms with Crippen LogP contribution in [0.3, 0.4) is 0 Å². The molecule has 0 atom stereocenters. The Balaban J connectivity index is 2.68. The molecule has 1 rings (SSSR count). The Labute approximate surface area is 116 Å². The third kappa shape index (κ3) is 5.07. The van der Waals surface area contributed by atoms with E-state index in [-0.39, 0.29) is 24.9 Å². The Morgan fingerprint density at radius 2 is 1.85 bits per heavy atom. The minimum absolute atomic E-state index is 0.153. The van der Waals surface area contributed by atoms with Crippen molar-refractivity contribution in [1.82, 2.24) is 5.32 Å². The third-order valence-electron chi connectivity index (χ3n) is 2.46. The SMILES string of the molecule is CC(=O)Nc1ccc(C)c(NC(=O)CNC(=O)CN)c1. The quantitative estimate of drug-likeness (QED) is 0.605.